The SMILES string of the molecule is O=C(O)C1CCCN(S(=O)(=O)NOCc2ccccc2)C1. The predicted octanol–water partition coefficient (Wildman–Crippen LogP) is 0.749. The van der Waals surface area contributed by atoms with E-state index in [9.17, 15) is 13.2 Å². The predicted molar refractivity (Wildman–Crippen MR) is 75.2 cm³/mol. The van der Waals surface area contributed by atoms with E-state index in [1.54, 1.807) is 0 Å². The number of carbonyl (C=O) groups is 1. The third-order valence-electron chi connectivity index (χ3n) is 3.32. The van der Waals surface area contributed by atoms with E-state index in [1.165, 1.54) is 0 Å². The van der Waals surface area contributed by atoms with Crippen molar-refractivity contribution in [1.29, 1.82) is 0 Å². The van der Waals surface area contributed by atoms with Gasteiger partial charge in [0.1, 0.15) is 0 Å². The summed E-state index contributed by atoms with van der Waals surface area (Å²) in [5.41, 5.74) is 0.835. The summed E-state index contributed by atoms with van der Waals surface area (Å²) in [6.45, 7) is 0.378. The minimum atomic E-state index is -3.82. The van der Waals surface area contributed by atoms with E-state index in [0.717, 1.165) is 9.87 Å². The molecule has 1 heterocycles. The van der Waals surface area contributed by atoms with Crippen LogP contribution in [-0.4, -0.2) is 36.9 Å². The molecule has 8 heteroatoms. The number of piperidine rings is 1. The molecular formula is C13H18N2O5S. The molecule has 0 aromatic heterocycles. The normalized spacial score (nSPS) is 20.3. The molecule has 1 saturated heterocycles. The number of hydrogen-bond acceptors (Lipinski definition) is 4. The number of rotatable bonds is 6. The second-order valence-corrected chi connectivity index (χ2v) is 6.53. The Bertz CT molecular complexity index is 575. The third-order valence-corrected chi connectivity index (χ3v) is 4.66. The zero-order valence-corrected chi connectivity index (χ0v) is 12.3. The summed E-state index contributed by atoms with van der Waals surface area (Å²) in [5, 5.41) is 8.97. The lowest BCUT2D eigenvalue weighted by Crippen LogP contribution is -2.47. The second-order valence-electron chi connectivity index (χ2n) is 4.90. The Morgan fingerprint density at radius 1 is 1.38 bits per heavy atom. The van der Waals surface area contributed by atoms with Gasteiger partial charge < -0.3 is 5.11 Å². The van der Waals surface area contributed by atoms with Gasteiger partial charge in [0, 0.05) is 13.1 Å². The molecule has 0 saturated carbocycles. The third kappa shape index (κ3) is 4.50. The Morgan fingerprint density at radius 2 is 2.10 bits per heavy atom. The van der Waals surface area contributed by atoms with Gasteiger partial charge in [0.2, 0.25) is 0 Å². The molecule has 1 aromatic carbocycles. The van der Waals surface area contributed by atoms with E-state index in [0.29, 0.717) is 19.4 Å². The van der Waals surface area contributed by atoms with Crippen LogP contribution in [0, 0.1) is 5.92 Å². The van der Waals surface area contributed by atoms with Gasteiger partial charge in [-0.1, -0.05) is 35.2 Å². The Hall–Kier alpha value is -1.48. The maximum absolute atomic E-state index is 12.0. The van der Waals surface area contributed by atoms with Crippen LogP contribution in [0.15, 0.2) is 30.3 Å². The van der Waals surface area contributed by atoms with Crippen molar-refractivity contribution in [1.82, 2.24) is 9.19 Å². The first-order chi connectivity index (χ1) is 9.99. The number of carboxylic acids is 1. The van der Waals surface area contributed by atoms with Crippen LogP contribution in [0.5, 0.6) is 0 Å². The Kier molecular flexibility index (Phi) is 5.29. The first-order valence-corrected chi connectivity index (χ1v) is 8.08. The van der Waals surface area contributed by atoms with Crippen LogP contribution in [0.3, 0.4) is 0 Å². The van der Waals surface area contributed by atoms with Crippen LogP contribution in [-0.2, 0) is 26.4 Å². The lowest BCUT2D eigenvalue weighted by atomic mass is 10.0. The van der Waals surface area contributed by atoms with Crippen molar-refractivity contribution in [3.05, 3.63) is 35.9 Å². The average molecular weight is 314 g/mol. The first-order valence-electron chi connectivity index (χ1n) is 6.64. The Balaban J connectivity index is 1.88. The molecule has 116 valence electrons. The summed E-state index contributed by atoms with van der Waals surface area (Å²) in [4.78, 5) is 18.0. The summed E-state index contributed by atoms with van der Waals surface area (Å²) >= 11 is 0. The van der Waals surface area contributed by atoms with Crippen LogP contribution >= 0.6 is 0 Å². The van der Waals surface area contributed by atoms with E-state index in [4.69, 9.17) is 9.94 Å². The molecule has 1 aliphatic heterocycles. The van der Waals surface area contributed by atoms with Crippen LogP contribution in [0.1, 0.15) is 18.4 Å². The molecule has 1 aromatic rings. The lowest BCUT2D eigenvalue weighted by molar-refractivity contribution is -0.142. The van der Waals surface area contributed by atoms with Crippen molar-refractivity contribution >= 4 is 16.2 Å². The van der Waals surface area contributed by atoms with E-state index < -0.39 is 22.1 Å². The van der Waals surface area contributed by atoms with Gasteiger partial charge in [0.25, 0.3) is 0 Å². The molecule has 0 bridgehead atoms. The molecule has 1 aliphatic rings. The van der Waals surface area contributed by atoms with Crippen molar-refractivity contribution in [3.8, 4) is 0 Å². The van der Waals surface area contributed by atoms with Crippen LogP contribution < -0.4 is 4.89 Å². The zero-order valence-electron chi connectivity index (χ0n) is 11.4. The molecule has 21 heavy (non-hydrogen) atoms. The van der Waals surface area contributed by atoms with Crippen LogP contribution in [0.4, 0.5) is 0 Å². The second kappa shape index (κ2) is 6.99. The standard InChI is InChI=1S/C13H18N2O5S/c16-13(17)12-7-4-8-15(9-12)21(18,19)14-20-10-11-5-2-1-3-6-11/h1-3,5-6,12,14H,4,7-10H2,(H,16,17). The van der Waals surface area contributed by atoms with Crippen molar-refractivity contribution in [2.24, 2.45) is 5.92 Å². The Labute approximate surface area is 123 Å². The van der Waals surface area contributed by atoms with Gasteiger partial charge in [-0.2, -0.15) is 12.7 Å². The number of benzene rings is 1. The minimum absolute atomic E-state index is 0.0284. The molecule has 1 fully saturated rings. The minimum Gasteiger partial charge on any atom is -0.481 e. The number of carboxylic acid groups (broad SMARTS) is 1. The molecule has 2 rings (SSSR count). The van der Waals surface area contributed by atoms with Crippen molar-refractivity contribution in [3.63, 3.8) is 0 Å². The van der Waals surface area contributed by atoms with Gasteiger partial charge in [-0.25, -0.2) is 0 Å². The monoisotopic (exact) mass is 314 g/mol. The van der Waals surface area contributed by atoms with Crippen LogP contribution in [0.2, 0.25) is 0 Å². The van der Waals surface area contributed by atoms with Crippen molar-refractivity contribution in [2.75, 3.05) is 13.1 Å². The molecule has 2 N–H and O–H groups in total. The molecule has 0 spiro atoms. The van der Waals surface area contributed by atoms with Gasteiger partial charge in [0.05, 0.1) is 12.5 Å². The van der Waals surface area contributed by atoms with E-state index in [2.05, 4.69) is 0 Å². The highest BCUT2D eigenvalue weighted by atomic mass is 32.2. The highest BCUT2D eigenvalue weighted by Crippen LogP contribution is 2.18. The average Bonchev–Trinajstić information content (AvgIpc) is 2.48. The number of aliphatic carboxylic acids is 1. The largest absolute Gasteiger partial charge is 0.481 e. The number of hydrogen-bond donors (Lipinski definition) is 2. The van der Waals surface area contributed by atoms with Gasteiger partial charge in [-0.05, 0) is 18.4 Å². The van der Waals surface area contributed by atoms with Gasteiger partial charge in [-0.15, -0.1) is 0 Å². The molecule has 0 amide bonds. The van der Waals surface area contributed by atoms with Crippen LogP contribution in [0.25, 0.3) is 0 Å². The molecule has 7 nitrogen and oxygen atoms in total. The summed E-state index contributed by atoms with van der Waals surface area (Å²) in [7, 11) is -3.82. The fourth-order valence-corrected chi connectivity index (χ4v) is 3.24. The topological polar surface area (TPSA) is 95.9 Å². The number of nitrogens with zero attached hydrogens (tertiary/aromatic N) is 1. The molecule has 1 unspecified atom stereocenters. The highest BCUT2D eigenvalue weighted by Gasteiger charge is 2.32. The van der Waals surface area contributed by atoms with E-state index in [1.807, 2.05) is 35.2 Å². The van der Waals surface area contributed by atoms with E-state index >= 15 is 0 Å². The van der Waals surface area contributed by atoms with Gasteiger partial charge >= 0.3 is 16.2 Å². The summed E-state index contributed by atoms with van der Waals surface area (Å²) < 4.78 is 25.2. The summed E-state index contributed by atoms with van der Waals surface area (Å²) in [6.07, 6.45) is 1.02. The summed E-state index contributed by atoms with van der Waals surface area (Å²) in [6, 6.07) is 9.14. The van der Waals surface area contributed by atoms with Gasteiger partial charge in [0.15, 0.2) is 0 Å². The fraction of sp³-hybridized carbons (Fsp3) is 0.462. The first kappa shape index (κ1) is 15.9. The Morgan fingerprint density at radius 3 is 2.76 bits per heavy atom. The van der Waals surface area contributed by atoms with E-state index in [-0.39, 0.29) is 13.2 Å². The van der Waals surface area contributed by atoms with Crippen molar-refractivity contribution < 1.29 is 23.2 Å². The van der Waals surface area contributed by atoms with Gasteiger partial charge in [-0.3, -0.25) is 9.63 Å². The molecule has 0 radical (unpaired) electrons. The fourth-order valence-electron chi connectivity index (χ4n) is 2.18. The van der Waals surface area contributed by atoms with Crippen molar-refractivity contribution in [2.45, 2.75) is 19.4 Å². The summed E-state index contributed by atoms with van der Waals surface area (Å²) in [5.74, 6) is -1.63. The molecular weight excluding hydrogens is 296 g/mol. The number of nitrogens with one attached hydrogen (secondary N) is 1. The lowest BCUT2D eigenvalue weighted by Gasteiger charge is -2.29. The smallest absolute Gasteiger partial charge is 0.307 e. The quantitative estimate of drug-likeness (QED) is 0.755. The molecule has 1 atom stereocenters. The maximum atomic E-state index is 12.0. The highest BCUT2D eigenvalue weighted by molar-refractivity contribution is 7.87. The molecule has 0 aliphatic carbocycles. The maximum Gasteiger partial charge on any atom is 0.307 e. The zero-order chi connectivity index (χ0) is 15.3.